The Bertz CT molecular complexity index is 1790. The summed E-state index contributed by atoms with van der Waals surface area (Å²) in [5.74, 6) is 0.578. The zero-order valence-electron chi connectivity index (χ0n) is 22.7. The van der Waals surface area contributed by atoms with Crippen LogP contribution in [0, 0.1) is 18.3 Å². The Labute approximate surface area is 245 Å². The molecule has 1 saturated heterocycles. The van der Waals surface area contributed by atoms with Crippen molar-refractivity contribution in [1.29, 1.82) is 5.26 Å². The number of ether oxygens (including phenoxy) is 1. The van der Waals surface area contributed by atoms with Crippen molar-refractivity contribution in [3.63, 3.8) is 0 Å². The molecule has 4 heterocycles. The third-order valence-corrected chi connectivity index (χ3v) is 8.37. The van der Waals surface area contributed by atoms with Gasteiger partial charge in [-0.25, -0.2) is 9.78 Å². The van der Waals surface area contributed by atoms with Crippen LogP contribution in [0.3, 0.4) is 0 Å². The molecule has 0 bridgehead atoms. The first-order valence-corrected chi connectivity index (χ1v) is 14.2. The van der Waals surface area contributed by atoms with Crippen LogP contribution in [-0.4, -0.2) is 46.9 Å². The number of carbonyl (C=O) groups is 3. The van der Waals surface area contributed by atoms with E-state index in [2.05, 4.69) is 22.2 Å². The standard InChI is InChI=1S/C31H26N6O4S/c1-18-15-22(41-21-8-4-3-5-9-21)10-11-23(18)37-24-12-13-33-29-25(24)26(35-31(37)40)27(42-29)28(38)34-20-7-6-14-36(17-20)30(39)19(2)16-32/h3-5,8-13,15,20H,2,6-7,14,17H2,1H3,(H,34,38)(H,35,40)/t20-/m1/s1. The number of rotatable bonds is 6. The van der Waals surface area contributed by atoms with Crippen LogP contribution < -0.4 is 20.3 Å². The number of anilines is 3. The molecule has 42 heavy (non-hydrogen) atoms. The number of nitriles is 1. The molecule has 2 aromatic heterocycles. The van der Waals surface area contributed by atoms with E-state index in [1.807, 2.05) is 55.5 Å². The normalized spacial score (nSPS) is 16.0. The van der Waals surface area contributed by atoms with Gasteiger partial charge in [0.15, 0.2) is 0 Å². The summed E-state index contributed by atoms with van der Waals surface area (Å²) < 4.78 is 5.96. The van der Waals surface area contributed by atoms with Crippen molar-refractivity contribution in [2.45, 2.75) is 25.8 Å². The molecule has 0 saturated carbocycles. The Morgan fingerprint density at radius 1 is 1.17 bits per heavy atom. The van der Waals surface area contributed by atoms with Crippen LogP contribution in [0.15, 0.2) is 72.9 Å². The number of carbonyl (C=O) groups excluding carboxylic acids is 3. The van der Waals surface area contributed by atoms with E-state index < -0.39 is 11.9 Å². The van der Waals surface area contributed by atoms with Gasteiger partial charge in [0.05, 0.1) is 22.4 Å². The zero-order valence-corrected chi connectivity index (χ0v) is 23.5. The van der Waals surface area contributed by atoms with E-state index in [0.29, 0.717) is 63.0 Å². The number of urea groups is 1. The number of piperidine rings is 1. The number of para-hydroxylation sites is 1. The molecule has 2 aliphatic rings. The molecule has 0 aliphatic carbocycles. The maximum Gasteiger partial charge on any atom is 0.331 e. The largest absolute Gasteiger partial charge is 0.457 e. The summed E-state index contributed by atoms with van der Waals surface area (Å²) in [5.41, 5.74) is 2.42. The minimum atomic E-state index is -0.426. The van der Waals surface area contributed by atoms with Crippen molar-refractivity contribution in [3.8, 4) is 17.6 Å². The van der Waals surface area contributed by atoms with E-state index in [1.165, 1.54) is 16.2 Å². The molecule has 10 nitrogen and oxygen atoms in total. The minimum absolute atomic E-state index is 0.129. The highest BCUT2D eigenvalue weighted by atomic mass is 32.1. The predicted octanol–water partition coefficient (Wildman–Crippen LogP) is 5.88. The monoisotopic (exact) mass is 578 g/mol. The van der Waals surface area contributed by atoms with Gasteiger partial charge in [0, 0.05) is 25.3 Å². The molecule has 0 unspecified atom stereocenters. The first kappa shape index (κ1) is 27.0. The summed E-state index contributed by atoms with van der Waals surface area (Å²) >= 11 is 1.20. The van der Waals surface area contributed by atoms with Gasteiger partial charge < -0.3 is 20.3 Å². The quantitative estimate of drug-likeness (QED) is 0.217. The van der Waals surface area contributed by atoms with Crippen LogP contribution in [0.25, 0.3) is 10.2 Å². The van der Waals surface area contributed by atoms with Crippen molar-refractivity contribution in [3.05, 3.63) is 83.4 Å². The third kappa shape index (κ3) is 4.93. The molecule has 1 fully saturated rings. The second-order valence-electron chi connectivity index (χ2n) is 10.1. The smallest absolute Gasteiger partial charge is 0.331 e. The lowest BCUT2D eigenvalue weighted by atomic mass is 10.0. The number of thiophene rings is 1. The second-order valence-corrected chi connectivity index (χ2v) is 11.1. The first-order valence-electron chi connectivity index (χ1n) is 13.4. The highest BCUT2D eigenvalue weighted by molar-refractivity contribution is 7.21. The van der Waals surface area contributed by atoms with E-state index in [0.717, 1.165) is 5.56 Å². The summed E-state index contributed by atoms with van der Waals surface area (Å²) in [4.78, 5) is 48.0. The minimum Gasteiger partial charge on any atom is -0.457 e. The highest BCUT2D eigenvalue weighted by Gasteiger charge is 2.34. The van der Waals surface area contributed by atoms with E-state index in [9.17, 15) is 14.4 Å². The summed E-state index contributed by atoms with van der Waals surface area (Å²) in [6, 6.07) is 17.8. The number of aryl methyl sites for hydroxylation is 1. The number of aromatic nitrogens is 1. The lowest BCUT2D eigenvalue weighted by Gasteiger charge is -2.33. The Balaban J connectivity index is 1.27. The summed E-state index contributed by atoms with van der Waals surface area (Å²) in [6.45, 7) is 6.19. The molecular formula is C31H26N6O4S. The van der Waals surface area contributed by atoms with Crippen molar-refractivity contribution >= 4 is 56.5 Å². The number of nitrogens with one attached hydrogen (secondary N) is 2. The summed E-state index contributed by atoms with van der Waals surface area (Å²) in [6.07, 6.45) is 2.99. The van der Waals surface area contributed by atoms with Gasteiger partial charge in [0.2, 0.25) is 0 Å². The molecule has 2 aromatic carbocycles. The fourth-order valence-corrected chi connectivity index (χ4v) is 6.34. The van der Waals surface area contributed by atoms with Crippen LogP contribution in [0.4, 0.5) is 21.9 Å². The molecule has 2 aliphatic heterocycles. The molecule has 11 heteroatoms. The van der Waals surface area contributed by atoms with E-state index >= 15 is 0 Å². The van der Waals surface area contributed by atoms with Crippen molar-refractivity contribution < 1.29 is 19.1 Å². The molecule has 6 rings (SSSR count). The number of hydrogen-bond acceptors (Lipinski definition) is 7. The number of hydrogen-bond donors (Lipinski definition) is 2. The number of amides is 4. The molecule has 4 amide bonds. The second kappa shape index (κ2) is 11.0. The van der Waals surface area contributed by atoms with Gasteiger partial charge in [-0.05, 0) is 61.7 Å². The third-order valence-electron chi connectivity index (χ3n) is 7.28. The van der Waals surface area contributed by atoms with E-state index in [-0.39, 0.29) is 24.1 Å². The van der Waals surface area contributed by atoms with Gasteiger partial charge >= 0.3 is 6.03 Å². The Kier molecular flexibility index (Phi) is 7.06. The van der Waals surface area contributed by atoms with Gasteiger partial charge in [0.1, 0.15) is 32.8 Å². The van der Waals surface area contributed by atoms with Crippen molar-refractivity contribution in [2.75, 3.05) is 23.3 Å². The molecule has 1 atom stereocenters. The fraction of sp³-hybridized carbons (Fsp3) is 0.194. The fourth-order valence-electron chi connectivity index (χ4n) is 5.32. The lowest BCUT2D eigenvalue weighted by Crippen LogP contribution is -2.49. The van der Waals surface area contributed by atoms with E-state index in [4.69, 9.17) is 10.00 Å². The first-order chi connectivity index (χ1) is 20.3. The molecule has 2 N–H and O–H groups in total. The van der Waals surface area contributed by atoms with Gasteiger partial charge in [-0.2, -0.15) is 5.26 Å². The SMILES string of the molecule is C=C(C#N)C(=O)N1CCC[C@@H](NC(=O)c2sc3nccc4c3c2NC(=O)N4c2ccc(Oc3ccccc3)cc2C)C1. The Morgan fingerprint density at radius 2 is 1.98 bits per heavy atom. The average molecular weight is 579 g/mol. The zero-order chi connectivity index (χ0) is 29.4. The number of benzene rings is 2. The van der Waals surface area contributed by atoms with E-state index in [1.54, 1.807) is 23.2 Å². The number of pyridine rings is 1. The molecule has 0 spiro atoms. The van der Waals surface area contributed by atoms with Gasteiger partial charge in [0.25, 0.3) is 11.8 Å². The maximum absolute atomic E-state index is 13.6. The van der Waals surface area contributed by atoms with Crippen molar-refractivity contribution in [2.24, 2.45) is 0 Å². The molecule has 0 radical (unpaired) electrons. The molecular weight excluding hydrogens is 552 g/mol. The Morgan fingerprint density at radius 3 is 2.74 bits per heavy atom. The highest BCUT2D eigenvalue weighted by Crippen LogP contribution is 2.46. The number of likely N-dealkylation sites (tertiary alicyclic amines) is 1. The average Bonchev–Trinajstić information content (AvgIpc) is 3.37. The molecule has 4 aromatic rings. The van der Waals surface area contributed by atoms with Crippen LogP contribution in [-0.2, 0) is 4.79 Å². The molecule has 210 valence electrons. The van der Waals surface area contributed by atoms with Gasteiger partial charge in [-0.15, -0.1) is 11.3 Å². The Hall–Kier alpha value is -5.21. The van der Waals surface area contributed by atoms with Crippen LogP contribution >= 0.6 is 11.3 Å². The topological polar surface area (TPSA) is 128 Å². The van der Waals surface area contributed by atoms with Crippen molar-refractivity contribution in [1.82, 2.24) is 15.2 Å². The van der Waals surface area contributed by atoms with Crippen LogP contribution in [0.2, 0.25) is 0 Å². The number of nitrogens with zero attached hydrogens (tertiary/aromatic N) is 4. The lowest BCUT2D eigenvalue weighted by molar-refractivity contribution is -0.127. The summed E-state index contributed by atoms with van der Waals surface area (Å²) in [7, 11) is 0. The predicted molar refractivity (Wildman–Crippen MR) is 160 cm³/mol. The van der Waals surface area contributed by atoms with Crippen LogP contribution in [0.5, 0.6) is 11.5 Å². The van der Waals surface area contributed by atoms with Gasteiger partial charge in [-0.3, -0.25) is 14.5 Å². The van der Waals surface area contributed by atoms with Crippen LogP contribution in [0.1, 0.15) is 28.1 Å². The maximum atomic E-state index is 13.6. The summed E-state index contributed by atoms with van der Waals surface area (Å²) in [5, 5.41) is 15.6. The van der Waals surface area contributed by atoms with Gasteiger partial charge in [-0.1, -0.05) is 24.8 Å².